The number of hydrogen-bond donors (Lipinski definition) is 0. The number of nitro groups is 1. The summed E-state index contributed by atoms with van der Waals surface area (Å²) < 4.78 is 10.1. The summed E-state index contributed by atoms with van der Waals surface area (Å²) in [6, 6.07) is 10.9. The third-order valence-corrected chi connectivity index (χ3v) is 2.81. The molecule has 6 heteroatoms. The van der Waals surface area contributed by atoms with Crippen LogP contribution in [-0.2, 0) is 0 Å². The predicted octanol–water partition coefficient (Wildman–Crippen LogP) is 3.13. The molecule has 0 amide bonds. The number of carbonyl (C=O) groups is 1. The lowest BCUT2D eigenvalue weighted by Crippen LogP contribution is -2.09. The number of benzene rings is 2. The van der Waals surface area contributed by atoms with E-state index in [2.05, 4.69) is 0 Å². The Kier molecular flexibility index (Phi) is 4.18. The number of nitrogens with zero attached hydrogens (tertiary/aromatic N) is 1. The lowest BCUT2D eigenvalue weighted by atomic mass is 10.2. The van der Waals surface area contributed by atoms with Gasteiger partial charge in [-0.15, -0.1) is 0 Å². The Morgan fingerprint density at radius 1 is 1.19 bits per heavy atom. The number of methoxy groups -OCH3 is 1. The molecule has 0 unspecified atom stereocenters. The quantitative estimate of drug-likeness (QED) is 0.373. The standard InChI is InChI=1S/C15H13NO5/c1-10-4-3-5-12(8-10)21-15(17)11-6-7-14(20-2)13(9-11)16(18)19/h3-9H,1-2H3. The minimum atomic E-state index is -0.661. The van der Waals surface area contributed by atoms with Gasteiger partial charge in [-0.1, -0.05) is 12.1 Å². The van der Waals surface area contributed by atoms with Gasteiger partial charge in [-0.05, 0) is 36.8 Å². The second-order valence-electron chi connectivity index (χ2n) is 4.35. The first-order chi connectivity index (χ1) is 10.0. The van der Waals surface area contributed by atoms with Crippen molar-refractivity contribution in [1.82, 2.24) is 0 Å². The van der Waals surface area contributed by atoms with Gasteiger partial charge in [0.05, 0.1) is 17.6 Å². The molecule has 0 aromatic heterocycles. The average Bonchev–Trinajstić information content (AvgIpc) is 2.46. The third-order valence-electron chi connectivity index (χ3n) is 2.81. The van der Waals surface area contributed by atoms with Crippen LogP contribution in [0.4, 0.5) is 5.69 Å². The Morgan fingerprint density at radius 2 is 1.95 bits per heavy atom. The van der Waals surface area contributed by atoms with Gasteiger partial charge in [-0.3, -0.25) is 10.1 Å². The molecule has 0 saturated heterocycles. The number of rotatable bonds is 4. The molecule has 2 rings (SSSR count). The van der Waals surface area contributed by atoms with E-state index in [9.17, 15) is 14.9 Å². The number of carbonyl (C=O) groups excluding carboxylic acids is 1. The van der Waals surface area contributed by atoms with Gasteiger partial charge in [0.1, 0.15) is 5.75 Å². The lowest BCUT2D eigenvalue weighted by Gasteiger charge is -2.06. The minimum absolute atomic E-state index is 0.0870. The predicted molar refractivity (Wildman–Crippen MR) is 75.8 cm³/mol. The van der Waals surface area contributed by atoms with E-state index >= 15 is 0 Å². The van der Waals surface area contributed by atoms with Crippen molar-refractivity contribution in [2.45, 2.75) is 6.92 Å². The van der Waals surface area contributed by atoms with Gasteiger partial charge >= 0.3 is 11.7 Å². The van der Waals surface area contributed by atoms with Gasteiger partial charge < -0.3 is 9.47 Å². The van der Waals surface area contributed by atoms with Crippen LogP contribution >= 0.6 is 0 Å². The number of aryl methyl sites for hydroxylation is 1. The molecule has 0 spiro atoms. The van der Waals surface area contributed by atoms with Crippen molar-refractivity contribution in [3.63, 3.8) is 0 Å². The Balaban J connectivity index is 2.27. The van der Waals surface area contributed by atoms with Crippen LogP contribution in [0.1, 0.15) is 15.9 Å². The zero-order valence-electron chi connectivity index (χ0n) is 11.5. The maximum atomic E-state index is 12.0. The highest BCUT2D eigenvalue weighted by atomic mass is 16.6. The number of hydrogen-bond acceptors (Lipinski definition) is 5. The van der Waals surface area contributed by atoms with E-state index < -0.39 is 10.9 Å². The van der Waals surface area contributed by atoms with Gasteiger partial charge in [-0.2, -0.15) is 0 Å². The average molecular weight is 287 g/mol. The summed E-state index contributed by atoms with van der Waals surface area (Å²) >= 11 is 0. The molecule has 0 fully saturated rings. The Bertz CT molecular complexity index is 696. The second kappa shape index (κ2) is 6.04. The van der Waals surface area contributed by atoms with Crippen molar-refractivity contribution in [3.05, 3.63) is 63.7 Å². The molecule has 0 aliphatic heterocycles. The van der Waals surface area contributed by atoms with E-state index in [0.717, 1.165) is 11.6 Å². The molecule has 0 aliphatic carbocycles. The van der Waals surface area contributed by atoms with Gasteiger partial charge in [0.15, 0.2) is 5.75 Å². The monoisotopic (exact) mass is 287 g/mol. The molecule has 0 atom stereocenters. The summed E-state index contributed by atoms with van der Waals surface area (Å²) in [5, 5.41) is 10.9. The molecule has 0 radical (unpaired) electrons. The van der Waals surface area contributed by atoms with Crippen molar-refractivity contribution in [2.75, 3.05) is 7.11 Å². The largest absolute Gasteiger partial charge is 0.490 e. The van der Waals surface area contributed by atoms with Crippen LogP contribution in [0.3, 0.4) is 0 Å². The fourth-order valence-corrected chi connectivity index (χ4v) is 1.80. The topological polar surface area (TPSA) is 78.7 Å². The molecule has 0 saturated carbocycles. The maximum absolute atomic E-state index is 12.0. The second-order valence-corrected chi connectivity index (χ2v) is 4.35. The molecular weight excluding hydrogens is 274 g/mol. The highest BCUT2D eigenvalue weighted by molar-refractivity contribution is 5.92. The van der Waals surface area contributed by atoms with E-state index in [1.807, 2.05) is 13.0 Å². The molecule has 0 bridgehead atoms. The zero-order chi connectivity index (χ0) is 15.4. The van der Waals surface area contributed by atoms with Gasteiger partial charge in [0, 0.05) is 6.07 Å². The molecule has 6 nitrogen and oxygen atoms in total. The molecule has 21 heavy (non-hydrogen) atoms. The van der Waals surface area contributed by atoms with Gasteiger partial charge in [-0.25, -0.2) is 4.79 Å². The third kappa shape index (κ3) is 3.36. The molecule has 108 valence electrons. The first-order valence-electron chi connectivity index (χ1n) is 6.12. The Hall–Kier alpha value is -2.89. The van der Waals surface area contributed by atoms with Crippen LogP contribution in [0.15, 0.2) is 42.5 Å². The molecule has 2 aromatic carbocycles. The number of nitro benzene ring substituents is 1. The molecule has 0 aliphatic rings. The van der Waals surface area contributed by atoms with E-state index in [1.54, 1.807) is 18.2 Å². The van der Waals surface area contributed by atoms with Gasteiger partial charge in [0.2, 0.25) is 0 Å². The Morgan fingerprint density at radius 3 is 2.57 bits per heavy atom. The lowest BCUT2D eigenvalue weighted by molar-refractivity contribution is -0.385. The van der Waals surface area contributed by atoms with Gasteiger partial charge in [0.25, 0.3) is 0 Å². The zero-order valence-corrected chi connectivity index (χ0v) is 11.5. The fourth-order valence-electron chi connectivity index (χ4n) is 1.80. The van der Waals surface area contributed by atoms with Crippen LogP contribution in [0, 0.1) is 17.0 Å². The van der Waals surface area contributed by atoms with E-state index in [0.29, 0.717) is 5.75 Å². The van der Waals surface area contributed by atoms with Crippen LogP contribution in [-0.4, -0.2) is 18.0 Å². The first-order valence-corrected chi connectivity index (χ1v) is 6.12. The number of ether oxygens (including phenoxy) is 2. The Labute approximate surface area is 121 Å². The van der Waals surface area contributed by atoms with Crippen molar-refractivity contribution < 1.29 is 19.2 Å². The summed E-state index contributed by atoms with van der Waals surface area (Å²) in [6.07, 6.45) is 0. The smallest absolute Gasteiger partial charge is 0.343 e. The normalized spacial score (nSPS) is 10.0. The summed E-state index contributed by atoms with van der Waals surface area (Å²) in [6.45, 7) is 1.87. The summed E-state index contributed by atoms with van der Waals surface area (Å²) in [7, 11) is 1.33. The van der Waals surface area contributed by atoms with Crippen LogP contribution < -0.4 is 9.47 Å². The molecule has 0 N–H and O–H groups in total. The summed E-state index contributed by atoms with van der Waals surface area (Å²) in [5.74, 6) is -0.183. The maximum Gasteiger partial charge on any atom is 0.343 e. The fraction of sp³-hybridized carbons (Fsp3) is 0.133. The molecule has 2 aromatic rings. The molecular formula is C15H13NO5. The van der Waals surface area contributed by atoms with E-state index in [4.69, 9.17) is 9.47 Å². The van der Waals surface area contributed by atoms with Crippen LogP contribution in [0.25, 0.3) is 0 Å². The van der Waals surface area contributed by atoms with E-state index in [1.165, 1.54) is 19.2 Å². The minimum Gasteiger partial charge on any atom is -0.490 e. The van der Waals surface area contributed by atoms with Crippen molar-refractivity contribution in [3.8, 4) is 11.5 Å². The SMILES string of the molecule is COc1ccc(C(=O)Oc2cccc(C)c2)cc1[N+](=O)[O-]. The summed E-state index contributed by atoms with van der Waals surface area (Å²) in [4.78, 5) is 22.3. The highest BCUT2D eigenvalue weighted by Gasteiger charge is 2.19. The van der Waals surface area contributed by atoms with Crippen LogP contribution in [0.2, 0.25) is 0 Å². The van der Waals surface area contributed by atoms with Crippen molar-refractivity contribution in [1.29, 1.82) is 0 Å². The van der Waals surface area contributed by atoms with Crippen molar-refractivity contribution in [2.24, 2.45) is 0 Å². The first kappa shape index (κ1) is 14.5. The number of esters is 1. The summed E-state index contributed by atoms with van der Waals surface area (Å²) in [5.41, 5.74) is 0.751. The molecule has 0 heterocycles. The van der Waals surface area contributed by atoms with Crippen LogP contribution in [0.5, 0.6) is 11.5 Å². The highest BCUT2D eigenvalue weighted by Crippen LogP contribution is 2.28. The van der Waals surface area contributed by atoms with Crippen molar-refractivity contribution >= 4 is 11.7 Å². The van der Waals surface area contributed by atoms with E-state index in [-0.39, 0.29) is 17.0 Å².